The van der Waals surface area contributed by atoms with Gasteiger partial charge in [0.2, 0.25) is 5.95 Å². The fourth-order valence-corrected chi connectivity index (χ4v) is 3.57. The molecule has 134 valence electrons. The summed E-state index contributed by atoms with van der Waals surface area (Å²) in [4.78, 5) is 8.89. The largest absolute Gasteiger partial charge is 0.396 e. The number of hydrogen-bond acceptors (Lipinski definition) is 7. The molecule has 1 aliphatic carbocycles. The third-order valence-corrected chi connectivity index (χ3v) is 5.08. The Labute approximate surface area is 143 Å². The summed E-state index contributed by atoms with van der Waals surface area (Å²) in [5.74, 6) is 1.77. The average Bonchev–Trinajstić information content (AvgIpc) is 2.59. The van der Waals surface area contributed by atoms with E-state index in [1.54, 1.807) is 6.20 Å². The number of aromatic nitrogens is 2. The summed E-state index contributed by atoms with van der Waals surface area (Å²) >= 11 is 0. The van der Waals surface area contributed by atoms with Gasteiger partial charge in [-0.05, 0) is 51.4 Å². The van der Waals surface area contributed by atoms with Crippen molar-refractivity contribution in [3.63, 3.8) is 0 Å². The van der Waals surface area contributed by atoms with Crippen LogP contribution in [-0.2, 0) is 4.74 Å². The van der Waals surface area contributed by atoms with Gasteiger partial charge in [-0.25, -0.2) is 4.98 Å². The lowest BCUT2D eigenvalue weighted by atomic mass is 9.86. The second-order valence-electron chi connectivity index (χ2n) is 7.09. The van der Waals surface area contributed by atoms with Crippen molar-refractivity contribution in [3.05, 3.63) is 6.20 Å². The van der Waals surface area contributed by atoms with Crippen LogP contribution in [0.3, 0.4) is 0 Å². The first-order chi connectivity index (χ1) is 11.6. The first-order valence-corrected chi connectivity index (χ1v) is 9.02. The summed E-state index contributed by atoms with van der Waals surface area (Å²) in [6.07, 6.45) is 8.02. The summed E-state index contributed by atoms with van der Waals surface area (Å²) < 4.78 is 5.58. The number of nitrogens with two attached hydrogens (primary N) is 1. The molecule has 5 N–H and O–H groups in total. The van der Waals surface area contributed by atoms with Gasteiger partial charge in [0.15, 0.2) is 5.82 Å². The molecule has 24 heavy (non-hydrogen) atoms. The van der Waals surface area contributed by atoms with E-state index in [2.05, 4.69) is 27.5 Å². The molecule has 7 nitrogen and oxygen atoms in total. The fourth-order valence-electron chi connectivity index (χ4n) is 3.57. The Bertz CT molecular complexity index is 534. The summed E-state index contributed by atoms with van der Waals surface area (Å²) in [6.45, 7) is 3.15. The first kappa shape index (κ1) is 17.2. The molecule has 0 spiro atoms. The minimum atomic E-state index is 0.268. The highest BCUT2D eigenvalue weighted by Gasteiger charge is 2.23. The molecular weight excluding hydrogens is 306 g/mol. The highest BCUT2D eigenvalue weighted by molar-refractivity contribution is 5.62. The summed E-state index contributed by atoms with van der Waals surface area (Å²) in [6, 6.07) is 0.700. The molecular formula is C17H29N5O2. The lowest BCUT2D eigenvalue weighted by Crippen LogP contribution is -2.33. The van der Waals surface area contributed by atoms with Crippen molar-refractivity contribution in [1.29, 1.82) is 0 Å². The van der Waals surface area contributed by atoms with Crippen molar-refractivity contribution in [3.8, 4) is 0 Å². The molecule has 0 amide bonds. The van der Waals surface area contributed by atoms with Gasteiger partial charge in [0.25, 0.3) is 0 Å². The summed E-state index contributed by atoms with van der Waals surface area (Å²) in [5.41, 5.74) is 6.61. The van der Waals surface area contributed by atoms with Gasteiger partial charge in [0.05, 0.1) is 18.0 Å². The van der Waals surface area contributed by atoms with E-state index in [0.717, 1.165) is 45.1 Å². The minimum absolute atomic E-state index is 0.268. The molecule has 3 rings (SSSR count). The number of rotatable bonds is 5. The summed E-state index contributed by atoms with van der Waals surface area (Å²) in [7, 11) is 0. The lowest BCUT2D eigenvalue weighted by Gasteiger charge is -2.29. The van der Waals surface area contributed by atoms with E-state index in [1.807, 2.05) is 0 Å². The van der Waals surface area contributed by atoms with Gasteiger partial charge in [-0.3, -0.25) is 0 Å². The zero-order valence-electron chi connectivity index (χ0n) is 14.4. The van der Waals surface area contributed by atoms with Crippen molar-refractivity contribution in [2.24, 2.45) is 5.92 Å². The van der Waals surface area contributed by atoms with Crippen molar-refractivity contribution in [2.45, 2.75) is 63.6 Å². The maximum absolute atomic E-state index is 9.24. The zero-order valence-corrected chi connectivity index (χ0v) is 14.4. The van der Waals surface area contributed by atoms with Crippen LogP contribution in [0.1, 0.15) is 45.4 Å². The SMILES string of the molecule is C[C@H]1C[C@@H](Nc2ncc(N)c(NC3CCC(CO)CC3)n2)CCO1. The predicted molar refractivity (Wildman–Crippen MR) is 95.0 cm³/mol. The molecule has 2 fully saturated rings. The van der Waals surface area contributed by atoms with Gasteiger partial charge in [-0.15, -0.1) is 0 Å². The molecule has 1 saturated carbocycles. The number of aliphatic hydroxyl groups excluding tert-OH is 1. The van der Waals surface area contributed by atoms with Gasteiger partial charge >= 0.3 is 0 Å². The first-order valence-electron chi connectivity index (χ1n) is 9.02. The monoisotopic (exact) mass is 335 g/mol. The second-order valence-corrected chi connectivity index (χ2v) is 7.09. The normalized spacial score (nSPS) is 30.8. The Morgan fingerprint density at radius 2 is 2.00 bits per heavy atom. The molecule has 2 aliphatic rings. The van der Waals surface area contributed by atoms with Crippen molar-refractivity contribution >= 4 is 17.5 Å². The van der Waals surface area contributed by atoms with Gasteiger partial charge in [0, 0.05) is 25.3 Å². The van der Waals surface area contributed by atoms with E-state index in [4.69, 9.17) is 10.5 Å². The Hall–Kier alpha value is -1.60. The highest BCUT2D eigenvalue weighted by atomic mass is 16.5. The van der Waals surface area contributed by atoms with Crippen LogP contribution in [0.5, 0.6) is 0 Å². The molecule has 0 bridgehead atoms. The molecule has 1 saturated heterocycles. The van der Waals surface area contributed by atoms with Crippen LogP contribution in [0.15, 0.2) is 6.20 Å². The smallest absolute Gasteiger partial charge is 0.224 e. The van der Waals surface area contributed by atoms with Crippen molar-refractivity contribution in [1.82, 2.24) is 9.97 Å². The molecule has 2 heterocycles. The van der Waals surface area contributed by atoms with Crippen LogP contribution in [0.4, 0.5) is 17.5 Å². The maximum atomic E-state index is 9.24. The Morgan fingerprint density at radius 3 is 2.71 bits per heavy atom. The Morgan fingerprint density at radius 1 is 1.21 bits per heavy atom. The van der Waals surface area contributed by atoms with Crippen LogP contribution >= 0.6 is 0 Å². The highest BCUT2D eigenvalue weighted by Crippen LogP contribution is 2.28. The van der Waals surface area contributed by atoms with E-state index in [1.165, 1.54) is 0 Å². The van der Waals surface area contributed by atoms with Crippen LogP contribution in [0.25, 0.3) is 0 Å². The molecule has 2 atom stereocenters. The van der Waals surface area contributed by atoms with Gasteiger partial charge in [-0.2, -0.15) is 4.98 Å². The lowest BCUT2D eigenvalue weighted by molar-refractivity contribution is 0.0231. The Kier molecular flexibility index (Phi) is 5.73. The number of aliphatic hydroxyl groups is 1. The number of nitrogens with one attached hydrogen (secondary N) is 2. The van der Waals surface area contributed by atoms with Crippen LogP contribution in [0, 0.1) is 5.92 Å². The standard InChI is InChI=1S/C17H29N5O2/c1-11-8-14(6-7-24-11)21-17-19-9-15(18)16(22-17)20-13-4-2-12(10-23)3-5-13/h9,11-14,23H,2-8,10,18H2,1H3,(H2,19,20,21,22)/t11-,12?,13?,14-/m0/s1. The number of ether oxygens (including phenoxy) is 1. The van der Waals surface area contributed by atoms with Gasteiger partial charge in [-0.1, -0.05) is 0 Å². The van der Waals surface area contributed by atoms with E-state index in [0.29, 0.717) is 42.1 Å². The number of nitrogens with zero attached hydrogens (tertiary/aromatic N) is 2. The minimum Gasteiger partial charge on any atom is -0.396 e. The number of anilines is 3. The third-order valence-electron chi connectivity index (χ3n) is 5.08. The van der Waals surface area contributed by atoms with Crippen molar-refractivity contribution in [2.75, 3.05) is 29.6 Å². The quantitative estimate of drug-likeness (QED) is 0.652. The van der Waals surface area contributed by atoms with E-state index < -0.39 is 0 Å². The molecule has 0 radical (unpaired) electrons. The molecule has 1 aromatic heterocycles. The van der Waals surface area contributed by atoms with Crippen LogP contribution in [0.2, 0.25) is 0 Å². The summed E-state index contributed by atoms with van der Waals surface area (Å²) in [5, 5.41) is 16.1. The van der Waals surface area contributed by atoms with E-state index in [-0.39, 0.29) is 6.10 Å². The van der Waals surface area contributed by atoms with Crippen LogP contribution < -0.4 is 16.4 Å². The number of nitrogen functional groups attached to an aromatic ring is 1. The average molecular weight is 335 g/mol. The van der Waals surface area contributed by atoms with Gasteiger partial charge in [0.1, 0.15) is 0 Å². The Balaban J connectivity index is 1.59. The topological polar surface area (TPSA) is 105 Å². The van der Waals surface area contributed by atoms with Gasteiger partial charge < -0.3 is 26.2 Å². The zero-order chi connectivity index (χ0) is 16.9. The van der Waals surface area contributed by atoms with Crippen molar-refractivity contribution < 1.29 is 9.84 Å². The molecule has 1 aromatic rings. The fraction of sp³-hybridized carbons (Fsp3) is 0.765. The maximum Gasteiger partial charge on any atom is 0.224 e. The molecule has 0 aromatic carbocycles. The molecule has 1 aliphatic heterocycles. The third kappa shape index (κ3) is 4.48. The van der Waals surface area contributed by atoms with Crippen LogP contribution in [-0.4, -0.2) is 46.5 Å². The van der Waals surface area contributed by atoms with E-state index in [9.17, 15) is 5.11 Å². The molecule has 7 heteroatoms. The second kappa shape index (κ2) is 7.98. The number of hydrogen-bond donors (Lipinski definition) is 4. The van der Waals surface area contributed by atoms with E-state index >= 15 is 0 Å². The molecule has 0 unspecified atom stereocenters. The predicted octanol–water partition coefficient (Wildman–Crippen LogP) is 2.00.